The van der Waals surface area contributed by atoms with Gasteiger partial charge >= 0.3 is 0 Å². The minimum atomic E-state index is 0.254. The molecule has 0 aliphatic carbocycles. The van der Waals surface area contributed by atoms with E-state index in [2.05, 4.69) is 32.2 Å². The summed E-state index contributed by atoms with van der Waals surface area (Å²) in [6, 6.07) is 0. The lowest BCUT2D eigenvalue weighted by Gasteiger charge is -2.11. The van der Waals surface area contributed by atoms with Gasteiger partial charge < -0.3 is 16.4 Å². The summed E-state index contributed by atoms with van der Waals surface area (Å²) in [5, 5.41) is 9.02. The Bertz CT molecular complexity index is 583. The number of aromatic nitrogens is 3. The van der Waals surface area contributed by atoms with Crippen LogP contribution in [-0.4, -0.2) is 22.0 Å². The minimum absolute atomic E-state index is 0.254. The Morgan fingerprint density at radius 3 is 2.95 bits per heavy atom. The molecule has 19 heavy (non-hydrogen) atoms. The van der Waals surface area contributed by atoms with Crippen LogP contribution in [0.2, 0.25) is 5.15 Å². The van der Waals surface area contributed by atoms with Crippen LogP contribution >= 0.6 is 22.9 Å². The topological polar surface area (TPSA) is 88.8 Å². The number of nitrogen functional groups attached to an aromatic ring is 1. The number of rotatable bonds is 5. The molecule has 0 fully saturated rings. The molecule has 2 aromatic rings. The van der Waals surface area contributed by atoms with Crippen LogP contribution in [0.4, 0.5) is 11.6 Å². The number of nitrogens with one attached hydrogen (secondary N) is 2. The van der Waals surface area contributed by atoms with E-state index in [-0.39, 0.29) is 11.0 Å². The van der Waals surface area contributed by atoms with Gasteiger partial charge in [0.05, 0.1) is 12.2 Å². The fourth-order valence-electron chi connectivity index (χ4n) is 1.42. The maximum atomic E-state index is 5.97. The molecule has 0 unspecified atom stereocenters. The zero-order chi connectivity index (χ0) is 13.8. The van der Waals surface area contributed by atoms with E-state index in [0.717, 1.165) is 5.01 Å². The lowest BCUT2D eigenvalue weighted by molar-refractivity contribution is 0.873. The third kappa shape index (κ3) is 3.12. The van der Waals surface area contributed by atoms with Gasteiger partial charge in [0.15, 0.2) is 16.8 Å². The van der Waals surface area contributed by atoms with E-state index in [9.17, 15) is 0 Å². The molecule has 0 spiro atoms. The molecule has 0 radical (unpaired) electrons. The summed E-state index contributed by atoms with van der Waals surface area (Å²) in [4.78, 5) is 12.5. The number of nitrogens with zero attached hydrogens (tertiary/aromatic N) is 3. The average molecular weight is 297 g/mol. The van der Waals surface area contributed by atoms with Crippen LogP contribution in [0.3, 0.4) is 0 Å². The Balaban J connectivity index is 2.12. The van der Waals surface area contributed by atoms with E-state index in [0.29, 0.717) is 23.8 Å². The predicted molar refractivity (Wildman–Crippen MR) is 79.0 cm³/mol. The van der Waals surface area contributed by atoms with Crippen LogP contribution in [0.25, 0.3) is 5.70 Å². The molecule has 2 aromatic heterocycles. The summed E-state index contributed by atoms with van der Waals surface area (Å²) in [7, 11) is 1.70. The van der Waals surface area contributed by atoms with Gasteiger partial charge in [0.25, 0.3) is 0 Å². The number of nitrogens with two attached hydrogens (primary N) is 1. The Morgan fingerprint density at radius 1 is 1.53 bits per heavy atom. The SMILES string of the molecule is C=C(NCc1nccs1)c1nc(Cl)c(NC)nc1N. The number of halogens is 1. The molecule has 2 heterocycles. The molecular weight excluding hydrogens is 284 g/mol. The van der Waals surface area contributed by atoms with Crippen LogP contribution in [-0.2, 0) is 6.54 Å². The molecule has 8 heteroatoms. The van der Waals surface area contributed by atoms with Gasteiger partial charge in [0.1, 0.15) is 10.7 Å². The van der Waals surface area contributed by atoms with Crippen molar-refractivity contribution >= 4 is 40.3 Å². The van der Waals surface area contributed by atoms with Gasteiger partial charge in [-0.15, -0.1) is 11.3 Å². The lowest BCUT2D eigenvalue weighted by atomic mass is 10.3. The second kappa shape index (κ2) is 5.85. The second-order valence-electron chi connectivity index (χ2n) is 3.60. The molecule has 0 aromatic carbocycles. The highest BCUT2D eigenvalue weighted by Crippen LogP contribution is 2.23. The smallest absolute Gasteiger partial charge is 0.172 e. The predicted octanol–water partition coefficient (Wildman–Crippen LogP) is 1.97. The molecule has 0 saturated carbocycles. The molecule has 0 atom stereocenters. The van der Waals surface area contributed by atoms with Crippen molar-refractivity contribution in [2.24, 2.45) is 0 Å². The van der Waals surface area contributed by atoms with E-state index in [1.807, 2.05) is 5.38 Å². The molecule has 0 aliphatic rings. The van der Waals surface area contributed by atoms with E-state index in [1.54, 1.807) is 24.6 Å². The van der Waals surface area contributed by atoms with Crippen LogP contribution in [0.1, 0.15) is 10.7 Å². The maximum absolute atomic E-state index is 5.97. The number of hydrogen-bond donors (Lipinski definition) is 3. The highest BCUT2D eigenvalue weighted by Gasteiger charge is 2.12. The minimum Gasteiger partial charge on any atom is -0.382 e. The first kappa shape index (κ1) is 13.6. The van der Waals surface area contributed by atoms with Crippen molar-refractivity contribution in [1.29, 1.82) is 0 Å². The monoisotopic (exact) mass is 296 g/mol. The fourth-order valence-corrected chi connectivity index (χ4v) is 2.19. The van der Waals surface area contributed by atoms with Gasteiger partial charge in [-0.25, -0.2) is 15.0 Å². The second-order valence-corrected chi connectivity index (χ2v) is 4.94. The summed E-state index contributed by atoms with van der Waals surface area (Å²) in [5.41, 5.74) is 6.83. The third-order valence-electron chi connectivity index (χ3n) is 2.34. The van der Waals surface area contributed by atoms with Gasteiger partial charge in [-0.2, -0.15) is 0 Å². The maximum Gasteiger partial charge on any atom is 0.172 e. The van der Waals surface area contributed by atoms with E-state index >= 15 is 0 Å². The highest BCUT2D eigenvalue weighted by atomic mass is 35.5. The summed E-state index contributed by atoms with van der Waals surface area (Å²) >= 11 is 7.53. The number of hydrogen-bond acceptors (Lipinski definition) is 7. The molecule has 6 nitrogen and oxygen atoms in total. The molecule has 0 amide bonds. The Morgan fingerprint density at radius 2 is 2.32 bits per heavy atom. The Labute approximate surface area is 119 Å². The molecule has 4 N–H and O–H groups in total. The van der Waals surface area contributed by atoms with Gasteiger partial charge in [0, 0.05) is 18.6 Å². The average Bonchev–Trinajstić information content (AvgIpc) is 2.91. The largest absolute Gasteiger partial charge is 0.382 e. The standard InChI is InChI=1S/C11H13ClN6S/c1-6(16-5-7-15-3-4-19-7)8-10(13)18-11(14-2)9(12)17-8/h3-4,16H,1,5H2,2H3,(H3,13,14,18). The third-order valence-corrected chi connectivity index (χ3v) is 3.38. The van der Waals surface area contributed by atoms with Crippen molar-refractivity contribution in [2.75, 3.05) is 18.1 Å². The summed E-state index contributed by atoms with van der Waals surface area (Å²) < 4.78 is 0. The highest BCUT2D eigenvalue weighted by molar-refractivity contribution is 7.09. The van der Waals surface area contributed by atoms with Crippen molar-refractivity contribution in [3.8, 4) is 0 Å². The lowest BCUT2D eigenvalue weighted by Crippen LogP contribution is -2.14. The zero-order valence-corrected chi connectivity index (χ0v) is 11.8. The van der Waals surface area contributed by atoms with E-state index < -0.39 is 0 Å². The molecular formula is C11H13ClN6S. The van der Waals surface area contributed by atoms with Gasteiger partial charge in [-0.05, 0) is 0 Å². The van der Waals surface area contributed by atoms with Crippen LogP contribution < -0.4 is 16.4 Å². The first-order valence-electron chi connectivity index (χ1n) is 5.44. The molecule has 0 bridgehead atoms. The molecule has 2 rings (SSSR count). The first-order valence-corrected chi connectivity index (χ1v) is 6.70. The molecule has 100 valence electrons. The quantitative estimate of drug-likeness (QED) is 0.782. The van der Waals surface area contributed by atoms with E-state index in [4.69, 9.17) is 17.3 Å². The first-order chi connectivity index (χ1) is 9.11. The Hall–Kier alpha value is -1.86. The van der Waals surface area contributed by atoms with Crippen molar-refractivity contribution in [2.45, 2.75) is 6.54 Å². The van der Waals surface area contributed by atoms with Gasteiger partial charge in [-0.1, -0.05) is 18.2 Å². The van der Waals surface area contributed by atoms with Crippen molar-refractivity contribution in [3.63, 3.8) is 0 Å². The van der Waals surface area contributed by atoms with Gasteiger partial charge in [-0.3, -0.25) is 0 Å². The van der Waals surface area contributed by atoms with Crippen LogP contribution in [0, 0.1) is 0 Å². The van der Waals surface area contributed by atoms with Crippen molar-refractivity contribution in [3.05, 3.63) is 34.0 Å². The molecule has 0 saturated heterocycles. The van der Waals surface area contributed by atoms with Crippen molar-refractivity contribution in [1.82, 2.24) is 20.3 Å². The summed E-state index contributed by atoms with van der Waals surface area (Å²) in [6.07, 6.45) is 1.75. The Kier molecular flexibility index (Phi) is 4.18. The number of thiazole rings is 1. The van der Waals surface area contributed by atoms with Crippen LogP contribution in [0.5, 0.6) is 0 Å². The van der Waals surface area contributed by atoms with Gasteiger partial charge in [0.2, 0.25) is 0 Å². The summed E-state index contributed by atoms with van der Waals surface area (Å²) in [5.74, 6) is 0.709. The van der Waals surface area contributed by atoms with E-state index in [1.165, 1.54) is 0 Å². The fraction of sp³-hybridized carbons (Fsp3) is 0.182. The van der Waals surface area contributed by atoms with Crippen LogP contribution in [0.15, 0.2) is 18.2 Å². The number of anilines is 2. The van der Waals surface area contributed by atoms with Crippen molar-refractivity contribution < 1.29 is 0 Å². The normalized spacial score (nSPS) is 10.2. The molecule has 0 aliphatic heterocycles. The summed E-state index contributed by atoms with van der Waals surface area (Å²) in [6.45, 7) is 4.44. The zero-order valence-electron chi connectivity index (χ0n) is 10.3.